The van der Waals surface area contributed by atoms with Gasteiger partial charge < -0.3 is 18.9 Å². The maximum absolute atomic E-state index is 14.4. The van der Waals surface area contributed by atoms with Gasteiger partial charge in [-0.15, -0.1) is 0 Å². The van der Waals surface area contributed by atoms with E-state index < -0.39 is 66.9 Å². The van der Waals surface area contributed by atoms with E-state index in [1.807, 2.05) is 27.7 Å². The largest absolute Gasteiger partial charge is 0.465 e. The first-order chi connectivity index (χ1) is 26.7. The molecule has 58 heavy (non-hydrogen) atoms. The molecule has 5 atom stereocenters. The van der Waals surface area contributed by atoms with Crippen LogP contribution in [-0.4, -0.2) is 76.1 Å². The molecule has 7 rings (SSSR count). The number of carbonyl (C=O) groups excluding carboxylic acids is 5. The number of hydrogen-bond acceptors (Lipinski definition) is 11. The summed E-state index contributed by atoms with van der Waals surface area (Å²) in [5, 5.41) is 0. The molecule has 0 radical (unpaired) electrons. The van der Waals surface area contributed by atoms with Crippen molar-refractivity contribution in [3.05, 3.63) is 0 Å². The molecular weight excluding hydrogens is 765 g/mol. The molecule has 7 aliphatic rings. The van der Waals surface area contributed by atoms with Crippen LogP contribution < -0.4 is 9.44 Å². The van der Waals surface area contributed by atoms with Crippen LogP contribution in [0.4, 0.5) is 0 Å². The molecule has 0 aromatic carbocycles. The van der Waals surface area contributed by atoms with Crippen LogP contribution in [0.25, 0.3) is 0 Å². The van der Waals surface area contributed by atoms with Gasteiger partial charge in [0.2, 0.25) is 6.10 Å². The van der Waals surface area contributed by atoms with Gasteiger partial charge in [-0.3, -0.25) is 19.2 Å². The molecule has 1 heterocycles. The number of esters is 4. The van der Waals surface area contributed by atoms with Crippen LogP contribution in [-0.2, 0) is 53.1 Å². The van der Waals surface area contributed by atoms with Gasteiger partial charge in [0.25, 0.3) is 10.2 Å². The lowest BCUT2D eigenvalue weighted by molar-refractivity contribution is -0.214. The van der Waals surface area contributed by atoms with Gasteiger partial charge in [0.05, 0.1) is 22.9 Å². The molecule has 13 nitrogen and oxygen atoms in total. The molecule has 14 heteroatoms. The van der Waals surface area contributed by atoms with E-state index in [1.54, 1.807) is 34.6 Å². The fourth-order valence-electron chi connectivity index (χ4n) is 12.3. The molecule has 0 aromatic heterocycles. The Hall–Kier alpha value is -2.58. The van der Waals surface area contributed by atoms with Crippen molar-refractivity contribution in [2.75, 3.05) is 26.3 Å². The van der Waals surface area contributed by atoms with Crippen LogP contribution in [0.2, 0.25) is 0 Å². The highest BCUT2D eigenvalue weighted by molar-refractivity contribution is 7.87. The van der Waals surface area contributed by atoms with Gasteiger partial charge in [-0.1, -0.05) is 34.6 Å². The highest BCUT2D eigenvalue weighted by Gasteiger charge is 2.64. The van der Waals surface area contributed by atoms with Gasteiger partial charge in [-0.25, -0.2) is 14.2 Å². The minimum atomic E-state index is -3.92. The summed E-state index contributed by atoms with van der Waals surface area (Å²) in [6, 6.07) is 0. The summed E-state index contributed by atoms with van der Waals surface area (Å²) in [7, 11) is -3.92. The number of ketones is 1. The Labute approximate surface area is 346 Å². The molecule has 6 saturated carbocycles. The van der Waals surface area contributed by atoms with Crippen molar-refractivity contribution in [3.63, 3.8) is 0 Å². The average molecular weight is 835 g/mol. The monoisotopic (exact) mass is 834 g/mol. The van der Waals surface area contributed by atoms with Gasteiger partial charge in [-0.2, -0.15) is 8.42 Å². The Morgan fingerprint density at radius 1 is 0.828 bits per heavy atom. The minimum Gasteiger partial charge on any atom is -0.465 e. The lowest BCUT2D eigenvalue weighted by Crippen LogP contribution is -2.59. The van der Waals surface area contributed by atoms with Gasteiger partial charge in [0, 0.05) is 30.3 Å². The summed E-state index contributed by atoms with van der Waals surface area (Å²) in [6.07, 6.45) is 6.94. The average Bonchev–Trinajstić information content (AvgIpc) is 3.61. The number of nitrogens with one attached hydrogen (secondary N) is 2. The molecular formula is C44H70N2O11S. The second-order valence-corrected chi connectivity index (χ2v) is 23.4. The van der Waals surface area contributed by atoms with Crippen LogP contribution in [0.5, 0.6) is 0 Å². The lowest BCUT2D eigenvalue weighted by Gasteiger charge is -2.59. The van der Waals surface area contributed by atoms with E-state index in [4.69, 9.17) is 18.9 Å². The lowest BCUT2D eigenvalue weighted by atomic mass is 9.50. The number of carbonyl (C=O) groups is 5. The van der Waals surface area contributed by atoms with Gasteiger partial charge in [0.1, 0.15) is 18.0 Å². The third-order valence-electron chi connectivity index (χ3n) is 16.3. The summed E-state index contributed by atoms with van der Waals surface area (Å²) in [5.74, 6) is 0.0769. The summed E-state index contributed by atoms with van der Waals surface area (Å²) in [6.45, 7) is 18.5. The maximum Gasteiger partial charge on any atom is 0.348 e. The highest BCUT2D eigenvalue weighted by Crippen LogP contribution is 2.64. The maximum atomic E-state index is 14.4. The Bertz CT molecular complexity index is 1740. The van der Waals surface area contributed by atoms with Crippen LogP contribution in [0.1, 0.15) is 146 Å². The number of fused-ring (bicyclic) bond motifs is 2. The van der Waals surface area contributed by atoms with Crippen molar-refractivity contribution >= 4 is 39.9 Å². The number of Topliss-reactive ketones (excluding diaryl/α,β-unsaturated/α-hetero) is 1. The number of ether oxygens (including phenoxy) is 4. The zero-order valence-electron chi connectivity index (χ0n) is 36.7. The molecule has 6 aliphatic carbocycles. The first-order valence-corrected chi connectivity index (χ1v) is 23.3. The Morgan fingerprint density at radius 3 is 1.97 bits per heavy atom. The SMILES string of the molecule is CCC(C)(CC(C)(CC(C)(C)C(=O)OCCCNS(=O)(=O)NCC12CCC(CC1=O)C2(C)C)C(=O)OC1C(=O)OCC1(C)C)C(=O)OC1(C)C2CC3CC(C2)CC1C3. The fourth-order valence-corrected chi connectivity index (χ4v) is 13.3. The molecule has 1 saturated heterocycles. The van der Waals surface area contributed by atoms with Crippen molar-refractivity contribution in [2.24, 2.45) is 62.1 Å². The quantitative estimate of drug-likeness (QED) is 0.0910. The zero-order chi connectivity index (χ0) is 42.9. The molecule has 0 aromatic rings. The third-order valence-corrected chi connectivity index (χ3v) is 17.4. The van der Waals surface area contributed by atoms with Gasteiger partial charge >= 0.3 is 23.9 Å². The van der Waals surface area contributed by atoms with Gasteiger partial charge in [0.15, 0.2) is 0 Å². The van der Waals surface area contributed by atoms with Crippen molar-refractivity contribution in [1.82, 2.24) is 9.44 Å². The van der Waals surface area contributed by atoms with E-state index in [0.717, 1.165) is 32.1 Å². The van der Waals surface area contributed by atoms with E-state index in [0.29, 0.717) is 42.9 Å². The highest BCUT2D eigenvalue weighted by atomic mass is 32.2. The normalized spacial score (nSPS) is 35.3. The molecule has 5 unspecified atom stereocenters. The Morgan fingerprint density at radius 2 is 1.45 bits per heavy atom. The van der Waals surface area contributed by atoms with Crippen molar-refractivity contribution in [3.8, 4) is 0 Å². The third kappa shape index (κ3) is 8.12. The number of rotatable bonds is 18. The summed E-state index contributed by atoms with van der Waals surface area (Å²) in [5.41, 5.74) is -6.14. The Kier molecular flexibility index (Phi) is 11.9. The topological polar surface area (TPSA) is 180 Å². The molecule has 2 N–H and O–H groups in total. The second kappa shape index (κ2) is 15.4. The van der Waals surface area contributed by atoms with E-state index in [1.165, 1.54) is 6.42 Å². The first-order valence-electron chi connectivity index (χ1n) is 21.8. The van der Waals surface area contributed by atoms with E-state index in [-0.39, 0.29) is 68.7 Å². The smallest absolute Gasteiger partial charge is 0.348 e. The summed E-state index contributed by atoms with van der Waals surface area (Å²) in [4.78, 5) is 68.2. The van der Waals surface area contributed by atoms with Crippen LogP contribution in [0.15, 0.2) is 0 Å². The predicted molar refractivity (Wildman–Crippen MR) is 215 cm³/mol. The van der Waals surface area contributed by atoms with Crippen LogP contribution >= 0.6 is 0 Å². The standard InChI is InChI=1S/C44H70N2O11S/c1-11-41(8,37(51)57-43(10)30-18-27-17-28(20-30)21-31(43)19-27)24-42(9,36(50)56-33-34(48)55-26-39(33,4)5)23-38(2,3)35(49)54-16-12-15-45-58(52,53)46-25-44-14-13-29(22-32(44)47)40(44,6)7/h27-31,33,45-46H,11-26H2,1-10H3. The predicted octanol–water partition coefficient (Wildman–Crippen LogP) is 6.22. The minimum absolute atomic E-state index is 0.00321. The fraction of sp³-hybridized carbons (Fsp3) is 0.886. The molecule has 7 fully saturated rings. The van der Waals surface area contributed by atoms with E-state index >= 15 is 0 Å². The second-order valence-electron chi connectivity index (χ2n) is 21.8. The van der Waals surface area contributed by atoms with E-state index in [2.05, 4.69) is 16.4 Å². The molecule has 1 aliphatic heterocycles. The van der Waals surface area contributed by atoms with Crippen LogP contribution in [0, 0.1) is 62.1 Å². The summed E-state index contributed by atoms with van der Waals surface area (Å²) < 4.78 is 54.3. The van der Waals surface area contributed by atoms with E-state index in [9.17, 15) is 32.4 Å². The summed E-state index contributed by atoms with van der Waals surface area (Å²) >= 11 is 0. The zero-order valence-corrected chi connectivity index (χ0v) is 37.5. The van der Waals surface area contributed by atoms with Crippen molar-refractivity contribution in [2.45, 2.75) is 158 Å². The number of hydrogen-bond donors (Lipinski definition) is 2. The van der Waals surface area contributed by atoms with Crippen molar-refractivity contribution in [1.29, 1.82) is 0 Å². The molecule has 0 amide bonds. The van der Waals surface area contributed by atoms with Crippen LogP contribution in [0.3, 0.4) is 0 Å². The molecule has 328 valence electrons. The molecule has 6 bridgehead atoms. The number of cyclic esters (lactones) is 1. The Balaban J connectivity index is 1.09. The van der Waals surface area contributed by atoms with Crippen molar-refractivity contribution < 1.29 is 51.3 Å². The van der Waals surface area contributed by atoms with Gasteiger partial charge in [-0.05, 0) is 140 Å². The molecule has 0 spiro atoms. The first kappa shape index (κ1) is 45.0.